The first-order chi connectivity index (χ1) is 7.11. The maximum absolute atomic E-state index is 11.2. The number of carbonyl (C=O) groups is 1. The van der Waals surface area contributed by atoms with Crippen molar-refractivity contribution in [3.8, 4) is 0 Å². The first kappa shape index (κ1) is 13.5. The average molecular weight is 217 g/mol. The molecular formula is C8H15N3O4. The maximum atomic E-state index is 11.2. The highest BCUT2D eigenvalue weighted by Gasteiger charge is 2.17. The molecule has 0 aromatic carbocycles. The summed E-state index contributed by atoms with van der Waals surface area (Å²) in [5.41, 5.74) is 0. The Morgan fingerprint density at radius 1 is 1.53 bits per heavy atom. The van der Waals surface area contributed by atoms with Crippen LogP contribution in [0, 0.1) is 15.0 Å². The Labute approximate surface area is 87.4 Å². The van der Waals surface area contributed by atoms with Crippen molar-refractivity contribution in [1.82, 2.24) is 5.32 Å². The minimum atomic E-state index is -0.920. The summed E-state index contributed by atoms with van der Waals surface area (Å²) in [5, 5.41) is 15.2. The van der Waals surface area contributed by atoms with Crippen LogP contribution in [0.4, 0.5) is 0 Å². The van der Waals surface area contributed by atoms with Crippen LogP contribution < -0.4 is 5.32 Å². The number of hydrogen-bond donors (Lipinski definition) is 1. The number of nitrogens with zero attached hydrogens (tertiary/aromatic N) is 2. The maximum Gasteiger partial charge on any atom is 0.248 e. The van der Waals surface area contributed by atoms with Gasteiger partial charge in [0.15, 0.2) is 6.04 Å². The first-order valence-corrected chi connectivity index (χ1v) is 4.83. The van der Waals surface area contributed by atoms with Crippen LogP contribution in [-0.2, 0) is 4.79 Å². The number of nitro groups is 1. The van der Waals surface area contributed by atoms with Crippen LogP contribution in [0.2, 0.25) is 0 Å². The molecule has 7 heteroatoms. The molecular weight excluding hydrogens is 202 g/mol. The lowest BCUT2D eigenvalue weighted by Crippen LogP contribution is -2.33. The van der Waals surface area contributed by atoms with E-state index in [4.69, 9.17) is 0 Å². The van der Waals surface area contributed by atoms with Gasteiger partial charge in [-0.2, -0.15) is 0 Å². The third kappa shape index (κ3) is 6.53. The summed E-state index contributed by atoms with van der Waals surface area (Å²) < 4.78 is 0. The van der Waals surface area contributed by atoms with Crippen LogP contribution in [-0.4, -0.2) is 30.0 Å². The molecule has 0 bridgehead atoms. The zero-order valence-corrected chi connectivity index (χ0v) is 8.64. The molecule has 0 fully saturated rings. The molecule has 86 valence electrons. The van der Waals surface area contributed by atoms with Gasteiger partial charge in [-0.15, -0.1) is 4.91 Å². The average Bonchev–Trinajstić information content (AvgIpc) is 2.17. The Balaban J connectivity index is 3.75. The van der Waals surface area contributed by atoms with Gasteiger partial charge in [0.2, 0.25) is 12.5 Å². The number of carbonyl (C=O) groups excluding carboxylic acids is 1. The van der Waals surface area contributed by atoms with Gasteiger partial charge in [0.1, 0.15) is 0 Å². The molecule has 0 aliphatic carbocycles. The van der Waals surface area contributed by atoms with Crippen molar-refractivity contribution in [2.24, 2.45) is 5.18 Å². The second-order valence-electron chi connectivity index (χ2n) is 3.07. The minimum absolute atomic E-state index is 0.138. The molecule has 1 atom stereocenters. The smallest absolute Gasteiger partial charge is 0.248 e. The fourth-order valence-corrected chi connectivity index (χ4v) is 1.10. The lowest BCUT2D eigenvalue weighted by atomic mass is 10.1. The Bertz CT molecular complexity index is 232. The van der Waals surface area contributed by atoms with E-state index >= 15 is 0 Å². The van der Waals surface area contributed by atoms with Gasteiger partial charge in [0.05, 0.1) is 0 Å². The van der Waals surface area contributed by atoms with Crippen LogP contribution in [0.5, 0.6) is 0 Å². The van der Waals surface area contributed by atoms with Gasteiger partial charge in [0, 0.05) is 17.9 Å². The highest BCUT2D eigenvalue weighted by atomic mass is 16.6. The van der Waals surface area contributed by atoms with E-state index in [0.717, 1.165) is 0 Å². The second kappa shape index (κ2) is 7.84. The molecule has 15 heavy (non-hydrogen) atoms. The SMILES string of the molecule is CCNC(=O)C(CCCC[N+](=O)[O-])N=O. The summed E-state index contributed by atoms with van der Waals surface area (Å²) in [6, 6.07) is -0.920. The summed E-state index contributed by atoms with van der Waals surface area (Å²) in [6.07, 6.45) is 1.08. The third-order valence-electron chi connectivity index (χ3n) is 1.85. The summed E-state index contributed by atoms with van der Waals surface area (Å²) in [7, 11) is 0. The van der Waals surface area contributed by atoms with Crippen LogP contribution in [0.1, 0.15) is 26.2 Å². The van der Waals surface area contributed by atoms with Crippen molar-refractivity contribution in [1.29, 1.82) is 0 Å². The van der Waals surface area contributed by atoms with Crippen molar-refractivity contribution < 1.29 is 9.72 Å². The number of rotatable bonds is 8. The summed E-state index contributed by atoms with van der Waals surface area (Å²) in [5.74, 6) is -0.409. The Hall–Kier alpha value is -1.53. The van der Waals surface area contributed by atoms with Crippen LogP contribution in [0.25, 0.3) is 0 Å². The normalized spacial score (nSPS) is 11.8. The van der Waals surface area contributed by atoms with E-state index in [2.05, 4.69) is 10.5 Å². The molecule has 0 aromatic rings. The zero-order chi connectivity index (χ0) is 11.7. The number of hydrogen-bond acceptors (Lipinski definition) is 5. The van der Waals surface area contributed by atoms with Crippen molar-refractivity contribution in [3.05, 3.63) is 15.0 Å². The van der Waals surface area contributed by atoms with E-state index in [1.165, 1.54) is 0 Å². The van der Waals surface area contributed by atoms with Gasteiger partial charge in [-0.3, -0.25) is 14.9 Å². The first-order valence-electron chi connectivity index (χ1n) is 4.83. The molecule has 0 radical (unpaired) electrons. The van der Waals surface area contributed by atoms with Crippen LogP contribution in [0.3, 0.4) is 0 Å². The van der Waals surface area contributed by atoms with Gasteiger partial charge in [0.25, 0.3) is 0 Å². The van der Waals surface area contributed by atoms with E-state index in [0.29, 0.717) is 19.4 Å². The van der Waals surface area contributed by atoms with Crippen molar-refractivity contribution in [2.75, 3.05) is 13.1 Å². The van der Waals surface area contributed by atoms with E-state index < -0.39 is 16.9 Å². The predicted molar refractivity (Wildman–Crippen MR) is 54.0 cm³/mol. The largest absolute Gasteiger partial charge is 0.354 e. The predicted octanol–water partition coefficient (Wildman–Crippen LogP) is 0.705. The van der Waals surface area contributed by atoms with Crippen molar-refractivity contribution in [2.45, 2.75) is 32.2 Å². The quantitative estimate of drug-likeness (QED) is 0.280. The number of likely N-dealkylation sites (N-methyl/N-ethyl adjacent to an activating group) is 1. The molecule has 0 rings (SSSR count). The van der Waals surface area contributed by atoms with Crippen LogP contribution in [0.15, 0.2) is 5.18 Å². The number of unbranched alkanes of at least 4 members (excludes halogenated alkanes) is 1. The molecule has 0 aliphatic rings. The standard InChI is InChI=1S/C8H15N3O4/c1-2-9-8(12)7(10-13)5-3-4-6-11(14)15/h7H,2-6H2,1H3,(H,9,12). The summed E-state index contributed by atoms with van der Waals surface area (Å²) in [6.45, 7) is 2.05. The Kier molecular flexibility index (Phi) is 7.04. The molecule has 1 amide bonds. The fraction of sp³-hybridized carbons (Fsp3) is 0.875. The van der Waals surface area contributed by atoms with E-state index in [-0.39, 0.29) is 13.0 Å². The highest BCUT2D eigenvalue weighted by Crippen LogP contribution is 2.04. The molecule has 0 spiro atoms. The molecule has 1 N–H and O–H groups in total. The van der Waals surface area contributed by atoms with Gasteiger partial charge in [-0.05, 0) is 19.8 Å². The molecule has 0 saturated carbocycles. The minimum Gasteiger partial charge on any atom is -0.354 e. The Morgan fingerprint density at radius 2 is 2.20 bits per heavy atom. The van der Waals surface area contributed by atoms with E-state index in [9.17, 15) is 19.8 Å². The third-order valence-corrected chi connectivity index (χ3v) is 1.85. The van der Waals surface area contributed by atoms with Crippen molar-refractivity contribution in [3.63, 3.8) is 0 Å². The van der Waals surface area contributed by atoms with Crippen LogP contribution >= 0.6 is 0 Å². The van der Waals surface area contributed by atoms with Gasteiger partial charge < -0.3 is 5.32 Å². The zero-order valence-electron chi connectivity index (χ0n) is 8.64. The van der Waals surface area contributed by atoms with Crippen molar-refractivity contribution >= 4 is 5.91 Å². The molecule has 7 nitrogen and oxygen atoms in total. The number of nitroso groups, excluding NO2 is 1. The number of nitrogens with one attached hydrogen (secondary N) is 1. The molecule has 0 aromatic heterocycles. The highest BCUT2D eigenvalue weighted by molar-refractivity contribution is 5.81. The molecule has 1 unspecified atom stereocenters. The van der Waals surface area contributed by atoms with Gasteiger partial charge in [-0.1, -0.05) is 5.18 Å². The second-order valence-corrected chi connectivity index (χ2v) is 3.07. The topological polar surface area (TPSA) is 102 Å². The molecule has 0 heterocycles. The fourth-order valence-electron chi connectivity index (χ4n) is 1.10. The van der Waals surface area contributed by atoms with E-state index in [1.807, 2.05) is 0 Å². The lowest BCUT2D eigenvalue weighted by Gasteiger charge is -2.07. The summed E-state index contributed by atoms with van der Waals surface area (Å²) in [4.78, 5) is 31.0. The van der Waals surface area contributed by atoms with E-state index in [1.54, 1.807) is 6.92 Å². The monoisotopic (exact) mass is 217 g/mol. The lowest BCUT2D eigenvalue weighted by molar-refractivity contribution is -0.480. The van der Waals surface area contributed by atoms with Gasteiger partial charge in [-0.25, -0.2) is 0 Å². The summed E-state index contributed by atoms with van der Waals surface area (Å²) >= 11 is 0. The molecule has 0 aliphatic heterocycles. The van der Waals surface area contributed by atoms with Gasteiger partial charge >= 0.3 is 0 Å². The molecule has 0 saturated heterocycles. The number of amides is 1. The Morgan fingerprint density at radius 3 is 2.67 bits per heavy atom.